The van der Waals surface area contributed by atoms with Gasteiger partial charge in [-0.3, -0.25) is 0 Å². The molecule has 3 nitrogen and oxygen atoms in total. The average molecular weight is 1090 g/mol. The minimum absolute atomic E-state index is 0.0122. The van der Waals surface area contributed by atoms with Crippen LogP contribution in [0.3, 0.4) is 0 Å². The predicted molar refractivity (Wildman–Crippen MR) is 354 cm³/mol. The van der Waals surface area contributed by atoms with Crippen molar-refractivity contribution >= 4 is 68.4 Å². The third kappa shape index (κ3) is 8.14. The molecular weight excluding hydrogens is 992 g/mol. The highest BCUT2D eigenvalue weighted by Gasteiger charge is 2.51. The van der Waals surface area contributed by atoms with Crippen molar-refractivity contribution in [1.29, 1.82) is 0 Å². The molecule has 4 aliphatic carbocycles. The lowest BCUT2D eigenvalue weighted by atomic mass is 9.35. The van der Waals surface area contributed by atoms with Gasteiger partial charge in [0.15, 0.2) is 0 Å². The summed E-state index contributed by atoms with van der Waals surface area (Å²) in [6, 6.07) is 38.2. The number of hydrogen-bond acceptors (Lipinski definition) is 3. The van der Waals surface area contributed by atoms with E-state index < -0.39 is 0 Å². The first-order valence-corrected chi connectivity index (χ1v) is 31.9. The molecule has 0 fully saturated rings. The van der Waals surface area contributed by atoms with E-state index in [1.807, 2.05) is 0 Å². The van der Waals surface area contributed by atoms with E-state index in [1.165, 1.54) is 130 Å². The maximum Gasteiger partial charge on any atom is 0.297 e. The van der Waals surface area contributed by atoms with Crippen molar-refractivity contribution in [1.82, 2.24) is 0 Å². The second kappa shape index (κ2) is 17.1. The van der Waals surface area contributed by atoms with Crippen molar-refractivity contribution in [2.24, 2.45) is 0 Å². The lowest BCUT2D eigenvalue weighted by Crippen LogP contribution is -2.61. The van der Waals surface area contributed by atoms with Crippen molar-refractivity contribution in [3.8, 4) is 11.1 Å². The zero-order chi connectivity index (χ0) is 59.0. The first-order valence-electron chi connectivity index (χ1n) is 31.9. The van der Waals surface area contributed by atoms with Crippen LogP contribution in [0.5, 0.6) is 0 Å². The van der Waals surface area contributed by atoms with Crippen LogP contribution in [0.2, 0.25) is 0 Å². The van der Waals surface area contributed by atoms with Crippen LogP contribution in [0.25, 0.3) is 22.1 Å². The third-order valence-electron chi connectivity index (χ3n) is 22.8. The summed E-state index contributed by atoms with van der Waals surface area (Å²) in [6.07, 6.45) is 9.27. The minimum Gasteiger partial charge on any atom is -0.468 e. The Morgan fingerprint density at radius 3 is 1.45 bits per heavy atom. The highest BCUT2D eigenvalue weighted by Crippen LogP contribution is 2.59. The van der Waals surface area contributed by atoms with Crippen molar-refractivity contribution < 1.29 is 4.42 Å². The monoisotopic (exact) mass is 1090 g/mol. The van der Waals surface area contributed by atoms with Gasteiger partial charge in [-0.15, -0.1) is 0 Å². The van der Waals surface area contributed by atoms with E-state index in [2.05, 4.69) is 253 Å². The zero-order valence-electron chi connectivity index (χ0n) is 54.7. The van der Waals surface area contributed by atoms with Crippen LogP contribution in [-0.4, -0.2) is 6.71 Å². The van der Waals surface area contributed by atoms with E-state index in [-0.39, 0.29) is 60.9 Å². The summed E-state index contributed by atoms with van der Waals surface area (Å²) in [4.78, 5) is 5.50. The lowest BCUT2D eigenvalue weighted by Gasteiger charge is -2.47. The fourth-order valence-electron chi connectivity index (χ4n) is 16.6. The summed E-state index contributed by atoms with van der Waals surface area (Å²) in [7, 11) is 0. The van der Waals surface area contributed by atoms with Gasteiger partial charge in [0.1, 0.15) is 5.58 Å². The van der Waals surface area contributed by atoms with Gasteiger partial charge in [-0.25, -0.2) is 0 Å². The molecule has 0 unspecified atom stereocenters. The molecule has 0 spiro atoms. The fourth-order valence-corrected chi connectivity index (χ4v) is 16.6. The number of fused-ring (bicyclic) bond motifs is 10. The zero-order valence-corrected chi connectivity index (χ0v) is 54.7. The Morgan fingerprint density at radius 1 is 0.390 bits per heavy atom. The molecule has 0 bridgehead atoms. The molecule has 2 aliphatic heterocycles. The van der Waals surface area contributed by atoms with Gasteiger partial charge in [0.25, 0.3) is 6.71 Å². The third-order valence-corrected chi connectivity index (χ3v) is 22.8. The van der Waals surface area contributed by atoms with E-state index in [9.17, 15) is 0 Å². The average Bonchev–Trinajstić information content (AvgIpc) is 1.31. The van der Waals surface area contributed by atoms with Crippen molar-refractivity contribution in [3.05, 3.63) is 147 Å². The van der Waals surface area contributed by atoms with Crippen LogP contribution in [0.4, 0.5) is 34.1 Å². The fraction of sp³-hybridized carbons (Fsp3) is 0.513. The standard InChI is InChI=1S/C78H97BN2O/c1-69(2,3)46-26-29-60-59(38-46)79-66-62(80(48-27-28-52-54(41-48)73(11,12)31-30-71(52,7)8)67-51-43-56-58(45-64(51)82-68(67)79)77(19,20)35-33-75(56,15)16)39-47(70(4,5)6)40-63(66)81(60)61-44-57-55(74(13,14)32-34-76(57,17)18)42-50(61)49-24-23-25-53-65(49)78(21,22)37-36-72(53,9)10/h23-29,38-45H,30-37H2,1-22H3. The first kappa shape index (κ1) is 55.7. The molecule has 428 valence electrons. The summed E-state index contributed by atoms with van der Waals surface area (Å²) in [5.74, 6) is 0. The van der Waals surface area contributed by atoms with E-state index >= 15 is 0 Å². The molecule has 4 heteroatoms. The number of anilines is 6. The van der Waals surface area contributed by atoms with Gasteiger partial charge in [-0.2, -0.15) is 0 Å². The molecule has 3 heterocycles. The van der Waals surface area contributed by atoms with Gasteiger partial charge in [-0.1, -0.05) is 189 Å². The molecular formula is C78H97BN2O. The number of rotatable bonds is 3. The summed E-state index contributed by atoms with van der Waals surface area (Å²) >= 11 is 0. The first-order chi connectivity index (χ1) is 37.8. The normalized spacial score (nSPS) is 21.6. The van der Waals surface area contributed by atoms with Gasteiger partial charge < -0.3 is 14.2 Å². The predicted octanol–water partition coefficient (Wildman–Crippen LogP) is 20.2. The Labute approximate surface area is 495 Å². The second-order valence-corrected chi connectivity index (χ2v) is 34.5. The van der Waals surface area contributed by atoms with Gasteiger partial charge in [0, 0.05) is 33.7 Å². The van der Waals surface area contributed by atoms with Crippen molar-refractivity contribution in [3.63, 3.8) is 0 Å². The van der Waals surface area contributed by atoms with E-state index in [1.54, 1.807) is 0 Å². The number of nitrogens with zero attached hydrogens (tertiary/aromatic N) is 2. The van der Waals surface area contributed by atoms with Gasteiger partial charge in [0.2, 0.25) is 0 Å². The van der Waals surface area contributed by atoms with E-state index in [0.29, 0.717) is 0 Å². The van der Waals surface area contributed by atoms with Gasteiger partial charge in [0.05, 0.1) is 17.0 Å². The van der Waals surface area contributed by atoms with E-state index in [4.69, 9.17) is 4.42 Å². The number of furan rings is 1. The molecule has 0 atom stereocenters. The summed E-state index contributed by atoms with van der Waals surface area (Å²) in [5, 5.41) is 1.22. The quantitative estimate of drug-likeness (QED) is 0.164. The molecule has 0 amide bonds. The largest absolute Gasteiger partial charge is 0.468 e. The van der Waals surface area contributed by atoms with Crippen molar-refractivity contribution in [2.75, 3.05) is 9.80 Å². The molecule has 82 heavy (non-hydrogen) atoms. The molecule has 0 radical (unpaired) electrons. The Balaban J connectivity index is 1.21. The lowest BCUT2D eigenvalue weighted by molar-refractivity contribution is 0.331. The summed E-state index contributed by atoms with van der Waals surface area (Å²) in [6.45, 7) is 54.1. The molecule has 7 aromatic rings. The Kier molecular flexibility index (Phi) is 11.6. The maximum absolute atomic E-state index is 7.89. The summed E-state index contributed by atoms with van der Waals surface area (Å²) in [5.41, 5.74) is 29.4. The molecule has 0 saturated heterocycles. The van der Waals surface area contributed by atoms with E-state index in [0.717, 1.165) is 49.8 Å². The molecule has 0 saturated carbocycles. The Bertz CT molecular complexity index is 3870. The molecule has 6 aliphatic rings. The van der Waals surface area contributed by atoms with Crippen LogP contribution >= 0.6 is 0 Å². The Hall–Kier alpha value is -5.48. The number of benzene rings is 6. The highest BCUT2D eigenvalue weighted by atomic mass is 16.3. The van der Waals surface area contributed by atoms with Crippen LogP contribution in [0.15, 0.2) is 95.4 Å². The van der Waals surface area contributed by atoms with Crippen LogP contribution in [0.1, 0.15) is 259 Å². The highest BCUT2D eigenvalue weighted by molar-refractivity contribution is 7.00. The minimum atomic E-state index is -0.178. The topological polar surface area (TPSA) is 19.6 Å². The summed E-state index contributed by atoms with van der Waals surface area (Å²) < 4.78 is 7.89. The molecule has 1 aromatic heterocycles. The number of hydrogen-bond donors (Lipinski definition) is 0. The second-order valence-electron chi connectivity index (χ2n) is 34.5. The SMILES string of the molecule is CC(C)(C)c1ccc2c(c1)B1c3oc4cc5c(cc4c3N(c3ccc4c(c3)C(C)(C)CCC4(C)C)c3cc(C(C)(C)C)cc(c31)N2c1cc2c(cc1-c1cccc3c1C(C)(C)CCC3(C)C)C(C)(C)CCC2(C)C)C(C)(C)CCC5(C)C. The van der Waals surface area contributed by atoms with Crippen LogP contribution in [0, 0.1) is 0 Å². The smallest absolute Gasteiger partial charge is 0.297 e. The van der Waals surface area contributed by atoms with Gasteiger partial charge in [-0.05, 0) is 232 Å². The molecule has 6 aromatic carbocycles. The molecule has 13 rings (SSSR count). The van der Waals surface area contributed by atoms with Crippen LogP contribution in [-0.2, 0) is 54.1 Å². The Morgan fingerprint density at radius 2 is 0.878 bits per heavy atom. The van der Waals surface area contributed by atoms with Crippen molar-refractivity contribution in [2.45, 2.75) is 258 Å². The van der Waals surface area contributed by atoms with Crippen LogP contribution < -0.4 is 26.4 Å². The molecule has 0 N–H and O–H groups in total. The van der Waals surface area contributed by atoms with Gasteiger partial charge >= 0.3 is 0 Å². The maximum atomic E-state index is 7.89.